The van der Waals surface area contributed by atoms with E-state index in [1.54, 1.807) is 14.1 Å². The Kier molecular flexibility index (Phi) is 3.09. The van der Waals surface area contributed by atoms with Crippen molar-refractivity contribution in [2.45, 2.75) is 0 Å². The van der Waals surface area contributed by atoms with Crippen LogP contribution in [0.3, 0.4) is 0 Å². The van der Waals surface area contributed by atoms with E-state index in [0.717, 1.165) is 6.07 Å². The number of nitrogens with two attached hydrogens (primary N) is 1. The second-order valence-corrected chi connectivity index (χ2v) is 3.36. The number of hydrogen-bond donors (Lipinski definition) is 1. The Morgan fingerprint density at radius 3 is 2.60 bits per heavy atom. The standard InChI is InChI=1S/C11H13FN2O/c1-4-7-5-8(12)6-9(10(7)13)11(15)14(2)3/h4-6H,1,13H2,2-3H3. The predicted molar refractivity (Wildman–Crippen MR) is 58.9 cm³/mol. The summed E-state index contributed by atoms with van der Waals surface area (Å²) in [5, 5.41) is 0. The fraction of sp³-hybridized carbons (Fsp3) is 0.182. The molecule has 0 heterocycles. The van der Waals surface area contributed by atoms with Gasteiger partial charge in [-0.05, 0) is 12.1 Å². The number of carbonyl (C=O) groups is 1. The first-order chi connectivity index (χ1) is 6.97. The van der Waals surface area contributed by atoms with Crippen LogP contribution in [0.1, 0.15) is 15.9 Å². The first kappa shape index (κ1) is 11.2. The maximum absolute atomic E-state index is 13.1. The number of halogens is 1. The SMILES string of the molecule is C=Cc1cc(F)cc(C(=O)N(C)C)c1N. The van der Waals surface area contributed by atoms with Gasteiger partial charge in [-0.2, -0.15) is 0 Å². The van der Waals surface area contributed by atoms with Crippen LogP contribution in [0.2, 0.25) is 0 Å². The molecule has 80 valence electrons. The van der Waals surface area contributed by atoms with Crippen molar-refractivity contribution >= 4 is 17.7 Å². The number of hydrogen-bond acceptors (Lipinski definition) is 2. The van der Waals surface area contributed by atoms with E-state index in [4.69, 9.17) is 5.73 Å². The van der Waals surface area contributed by atoms with Crippen molar-refractivity contribution in [3.8, 4) is 0 Å². The zero-order chi connectivity index (χ0) is 11.6. The van der Waals surface area contributed by atoms with Crippen LogP contribution in [0, 0.1) is 5.82 Å². The van der Waals surface area contributed by atoms with Gasteiger partial charge in [0.2, 0.25) is 0 Å². The lowest BCUT2D eigenvalue weighted by Crippen LogP contribution is -2.23. The second kappa shape index (κ2) is 4.13. The Balaban J connectivity index is 3.35. The lowest BCUT2D eigenvalue weighted by atomic mass is 10.1. The smallest absolute Gasteiger partial charge is 0.255 e. The van der Waals surface area contributed by atoms with Gasteiger partial charge in [0, 0.05) is 19.7 Å². The third kappa shape index (κ3) is 2.15. The Hall–Kier alpha value is -1.84. The highest BCUT2D eigenvalue weighted by molar-refractivity contribution is 6.00. The van der Waals surface area contributed by atoms with Gasteiger partial charge in [0.05, 0.1) is 11.3 Å². The molecular weight excluding hydrogens is 195 g/mol. The topological polar surface area (TPSA) is 46.3 Å². The first-order valence-electron chi connectivity index (χ1n) is 4.40. The number of carbonyl (C=O) groups excluding carboxylic acids is 1. The van der Waals surface area contributed by atoms with E-state index >= 15 is 0 Å². The van der Waals surface area contributed by atoms with Crippen molar-refractivity contribution in [3.63, 3.8) is 0 Å². The molecule has 0 atom stereocenters. The van der Waals surface area contributed by atoms with Crippen LogP contribution < -0.4 is 5.73 Å². The minimum absolute atomic E-state index is 0.162. The maximum Gasteiger partial charge on any atom is 0.255 e. The number of rotatable bonds is 2. The predicted octanol–water partition coefficient (Wildman–Crippen LogP) is 1.75. The summed E-state index contributed by atoms with van der Waals surface area (Å²) in [4.78, 5) is 13.0. The molecule has 1 amide bonds. The average Bonchev–Trinajstić information content (AvgIpc) is 2.19. The average molecular weight is 208 g/mol. The monoisotopic (exact) mass is 208 g/mol. The van der Waals surface area contributed by atoms with Crippen molar-refractivity contribution in [1.82, 2.24) is 4.90 Å². The molecule has 0 saturated heterocycles. The molecule has 1 aromatic carbocycles. The Bertz CT molecular complexity index is 413. The summed E-state index contributed by atoms with van der Waals surface area (Å²) < 4.78 is 13.1. The van der Waals surface area contributed by atoms with Crippen molar-refractivity contribution in [2.75, 3.05) is 19.8 Å². The zero-order valence-electron chi connectivity index (χ0n) is 8.75. The summed E-state index contributed by atoms with van der Waals surface area (Å²) in [6.07, 6.45) is 1.42. The van der Waals surface area contributed by atoms with Crippen molar-refractivity contribution in [2.24, 2.45) is 0 Å². The van der Waals surface area contributed by atoms with E-state index in [1.807, 2.05) is 0 Å². The van der Waals surface area contributed by atoms with E-state index in [1.165, 1.54) is 17.0 Å². The molecule has 0 aliphatic heterocycles. The van der Waals surface area contributed by atoms with E-state index in [2.05, 4.69) is 6.58 Å². The van der Waals surface area contributed by atoms with Gasteiger partial charge >= 0.3 is 0 Å². The van der Waals surface area contributed by atoms with Crippen LogP contribution in [0.5, 0.6) is 0 Å². The highest BCUT2D eigenvalue weighted by Crippen LogP contribution is 2.21. The molecule has 4 heteroatoms. The molecule has 3 nitrogen and oxygen atoms in total. The van der Waals surface area contributed by atoms with E-state index in [9.17, 15) is 9.18 Å². The minimum atomic E-state index is -0.496. The van der Waals surface area contributed by atoms with Gasteiger partial charge in [0.1, 0.15) is 5.82 Å². The molecule has 0 fully saturated rings. The van der Waals surface area contributed by atoms with Crippen LogP contribution in [0.25, 0.3) is 6.08 Å². The number of anilines is 1. The molecule has 1 aromatic rings. The van der Waals surface area contributed by atoms with Gasteiger partial charge < -0.3 is 10.6 Å². The molecule has 2 N–H and O–H groups in total. The molecule has 0 aromatic heterocycles. The Morgan fingerprint density at radius 2 is 2.13 bits per heavy atom. The van der Waals surface area contributed by atoms with Gasteiger partial charge in [-0.15, -0.1) is 0 Å². The van der Waals surface area contributed by atoms with E-state index < -0.39 is 5.82 Å². The first-order valence-corrected chi connectivity index (χ1v) is 4.40. The lowest BCUT2D eigenvalue weighted by Gasteiger charge is -2.13. The zero-order valence-corrected chi connectivity index (χ0v) is 8.75. The number of benzene rings is 1. The molecular formula is C11H13FN2O. The summed E-state index contributed by atoms with van der Waals surface area (Å²) in [5.74, 6) is -0.820. The number of amides is 1. The Morgan fingerprint density at radius 1 is 1.53 bits per heavy atom. The fourth-order valence-corrected chi connectivity index (χ4v) is 1.23. The maximum atomic E-state index is 13.1. The summed E-state index contributed by atoms with van der Waals surface area (Å²) in [7, 11) is 3.17. The fourth-order valence-electron chi connectivity index (χ4n) is 1.23. The van der Waals surface area contributed by atoms with E-state index in [-0.39, 0.29) is 17.2 Å². The largest absolute Gasteiger partial charge is 0.398 e. The van der Waals surface area contributed by atoms with Crippen LogP contribution >= 0.6 is 0 Å². The molecule has 15 heavy (non-hydrogen) atoms. The van der Waals surface area contributed by atoms with Crippen molar-refractivity contribution in [1.29, 1.82) is 0 Å². The third-order valence-electron chi connectivity index (χ3n) is 2.03. The van der Waals surface area contributed by atoms with Crippen LogP contribution in [-0.4, -0.2) is 24.9 Å². The molecule has 0 saturated carbocycles. The highest BCUT2D eigenvalue weighted by atomic mass is 19.1. The lowest BCUT2D eigenvalue weighted by molar-refractivity contribution is 0.0828. The van der Waals surface area contributed by atoms with Crippen LogP contribution in [0.4, 0.5) is 10.1 Å². The summed E-state index contributed by atoms with van der Waals surface area (Å²) in [5.41, 5.74) is 6.56. The molecule has 0 spiro atoms. The van der Waals surface area contributed by atoms with Crippen molar-refractivity contribution < 1.29 is 9.18 Å². The molecule has 0 aliphatic carbocycles. The summed E-state index contributed by atoms with van der Waals surface area (Å²) >= 11 is 0. The second-order valence-electron chi connectivity index (χ2n) is 3.36. The minimum Gasteiger partial charge on any atom is -0.398 e. The molecule has 0 unspecified atom stereocenters. The highest BCUT2D eigenvalue weighted by Gasteiger charge is 2.15. The molecule has 0 aliphatic rings. The van der Waals surface area contributed by atoms with Gasteiger partial charge in [-0.3, -0.25) is 4.79 Å². The third-order valence-corrected chi connectivity index (χ3v) is 2.03. The van der Waals surface area contributed by atoms with Crippen LogP contribution in [-0.2, 0) is 0 Å². The molecule has 1 rings (SSSR count). The molecule has 0 radical (unpaired) electrons. The van der Waals surface area contributed by atoms with Gasteiger partial charge in [-0.25, -0.2) is 4.39 Å². The quantitative estimate of drug-likeness (QED) is 0.752. The van der Waals surface area contributed by atoms with Crippen LogP contribution in [0.15, 0.2) is 18.7 Å². The molecule has 0 bridgehead atoms. The van der Waals surface area contributed by atoms with Crippen molar-refractivity contribution in [3.05, 3.63) is 35.7 Å². The van der Waals surface area contributed by atoms with E-state index in [0.29, 0.717) is 5.56 Å². The summed E-state index contributed by atoms with van der Waals surface area (Å²) in [6, 6.07) is 2.37. The number of nitrogen functional groups attached to an aromatic ring is 1. The normalized spacial score (nSPS) is 9.80. The van der Waals surface area contributed by atoms with Gasteiger partial charge in [-0.1, -0.05) is 12.7 Å². The van der Waals surface area contributed by atoms with Gasteiger partial charge in [0.25, 0.3) is 5.91 Å². The Labute approximate surface area is 88.0 Å². The summed E-state index contributed by atoms with van der Waals surface area (Å²) in [6.45, 7) is 3.51. The number of nitrogens with zero attached hydrogens (tertiary/aromatic N) is 1. The van der Waals surface area contributed by atoms with Gasteiger partial charge in [0.15, 0.2) is 0 Å².